The molecule has 1 heterocycles. The Bertz CT molecular complexity index is 468. The molecule has 1 aliphatic heterocycles. The first-order chi connectivity index (χ1) is 10.2. The Morgan fingerprint density at radius 3 is 2.86 bits per heavy atom. The summed E-state index contributed by atoms with van der Waals surface area (Å²) in [5.74, 6) is 0.727. The minimum absolute atomic E-state index is 0.116. The first-order valence-electron chi connectivity index (χ1n) is 8.43. The van der Waals surface area contributed by atoms with Gasteiger partial charge in [0.25, 0.3) is 0 Å². The van der Waals surface area contributed by atoms with Gasteiger partial charge in [0, 0.05) is 32.2 Å². The molecule has 21 heavy (non-hydrogen) atoms. The molecule has 1 saturated heterocycles. The lowest BCUT2D eigenvalue weighted by atomic mass is 9.83. The molecule has 2 fully saturated rings. The van der Waals surface area contributed by atoms with Gasteiger partial charge in [0.15, 0.2) is 0 Å². The molecule has 0 spiro atoms. The summed E-state index contributed by atoms with van der Waals surface area (Å²) in [5, 5.41) is 3.71. The van der Waals surface area contributed by atoms with Crippen molar-refractivity contribution < 1.29 is 4.39 Å². The van der Waals surface area contributed by atoms with Gasteiger partial charge in [0.1, 0.15) is 5.82 Å². The summed E-state index contributed by atoms with van der Waals surface area (Å²) in [6, 6.07) is 5.78. The van der Waals surface area contributed by atoms with Crippen molar-refractivity contribution in [1.82, 2.24) is 10.2 Å². The summed E-state index contributed by atoms with van der Waals surface area (Å²) in [5.41, 5.74) is 2.34. The number of nitrogens with one attached hydrogen (secondary N) is 1. The smallest absolute Gasteiger partial charge is 0.123 e. The van der Waals surface area contributed by atoms with Gasteiger partial charge >= 0.3 is 0 Å². The SMILES string of the molecule is Cc1ccc(F)cc1CN1CCNC(C2CCCCC2)C1. The van der Waals surface area contributed by atoms with Crippen LogP contribution < -0.4 is 5.32 Å². The molecular formula is C18H27FN2. The van der Waals surface area contributed by atoms with Crippen molar-refractivity contribution >= 4 is 0 Å². The molecule has 0 bridgehead atoms. The van der Waals surface area contributed by atoms with Gasteiger partial charge in [-0.1, -0.05) is 25.3 Å². The molecule has 1 unspecified atom stereocenters. The van der Waals surface area contributed by atoms with Crippen LogP contribution in [0.1, 0.15) is 43.2 Å². The molecule has 1 atom stereocenters. The van der Waals surface area contributed by atoms with Crippen LogP contribution in [0.2, 0.25) is 0 Å². The molecule has 2 nitrogen and oxygen atoms in total. The zero-order valence-corrected chi connectivity index (χ0v) is 13.1. The van der Waals surface area contributed by atoms with Crippen molar-refractivity contribution in [2.24, 2.45) is 5.92 Å². The molecule has 3 rings (SSSR count). The van der Waals surface area contributed by atoms with E-state index in [1.54, 1.807) is 12.1 Å². The fourth-order valence-corrected chi connectivity index (χ4v) is 3.89. The summed E-state index contributed by atoms with van der Waals surface area (Å²) >= 11 is 0. The van der Waals surface area contributed by atoms with Crippen LogP contribution in [0.4, 0.5) is 4.39 Å². The predicted molar refractivity (Wildman–Crippen MR) is 84.8 cm³/mol. The van der Waals surface area contributed by atoms with Crippen molar-refractivity contribution in [1.29, 1.82) is 0 Å². The minimum Gasteiger partial charge on any atom is -0.311 e. The van der Waals surface area contributed by atoms with E-state index in [9.17, 15) is 4.39 Å². The lowest BCUT2D eigenvalue weighted by Crippen LogP contribution is -2.53. The highest BCUT2D eigenvalue weighted by Crippen LogP contribution is 2.28. The van der Waals surface area contributed by atoms with Crippen molar-refractivity contribution in [2.75, 3.05) is 19.6 Å². The molecule has 0 aromatic heterocycles. The molecule has 116 valence electrons. The quantitative estimate of drug-likeness (QED) is 0.917. The van der Waals surface area contributed by atoms with E-state index in [0.717, 1.165) is 37.7 Å². The Balaban J connectivity index is 1.61. The summed E-state index contributed by atoms with van der Waals surface area (Å²) in [6.07, 6.45) is 6.96. The molecule has 0 radical (unpaired) electrons. The van der Waals surface area contributed by atoms with E-state index in [2.05, 4.69) is 17.1 Å². The van der Waals surface area contributed by atoms with Gasteiger partial charge in [0.2, 0.25) is 0 Å². The maximum atomic E-state index is 13.4. The number of hydrogen-bond donors (Lipinski definition) is 1. The van der Waals surface area contributed by atoms with E-state index < -0.39 is 0 Å². The van der Waals surface area contributed by atoms with Crippen LogP contribution in [0.3, 0.4) is 0 Å². The second-order valence-electron chi connectivity index (χ2n) is 6.76. The van der Waals surface area contributed by atoms with E-state index in [4.69, 9.17) is 0 Å². The second kappa shape index (κ2) is 6.89. The van der Waals surface area contributed by atoms with Gasteiger partial charge in [-0.2, -0.15) is 0 Å². The minimum atomic E-state index is -0.116. The van der Waals surface area contributed by atoms with Crippen LogP contribution in [0, 0.1) is 18.7 Å². The van der Waals surface area contributed by atoms with Crippen LogP contribution in [0.25, 0.3) is 0 Å². The lowest BCUT2D eigenvalue weighted by Gasteiger charge is -2.39. The average Bonchev–Trinajstić information content (AvgIpc) is 2.52. The molecule has 1 aromatic carbocycles. The number of benzene rings is 1. The molecule has 0 amide bonds. The maximum Gasteiger partial charge on any atom is 0.123 e. The normalized spacial score (nSPS) is 25.1. The Kier molecular flexibility index (Phi) is 4.91. The highest BCUT2D eigenvalue weighted by Gasteiger charge is 2.28. The van der Waals surface area contributed by atoms with Gasteiger partial charge in [-0.25, -0.2) is 4.39 Å². The third-order valence-corrected chi connectivity index (χ3v) is 5.21. The zero-order valence-electron chi connectivity index (χ0n) is 13.1. The highest BCUT2D eigenvalue weighted by atomic mass is 19.1. The number of nitrogens with zero attached hydrogens (tertiary/aromatic N) is 1. The van der Waals surface area contributed by atoms with Crippen LogP contribution in [-0.2, 0) is 6.54 Å². The van der Waals surface area contributed by atoms with Crippen LogP contribution >= 0.6 is 0 Å². The van der Waals surface area contributed by atoms with Crippen molar-refractivity contribution in [3.05, 3.63) is 35.1 Å². The van der Waals surface area contributed by atoms with Crippen LogP contribution in [-0.4, -0.2) is 30.6 Å². The topological polar surface area (TPSA) is 15.3 Å². The maximum absolute atomic E-state index is 13.4. The third kappa shape index (κ3) is 3.83. The Morgan fingerprint density at radius 1 is 1.24 bits per heavy atom. The van der Waals surface area contributed by atoms with Gasteiger partial charge in [-0.15, -0.1) is 0 Å². The fraction of sp³-hybridized carbons (Fsp3) is 0.667. The summed E-state index contributed by atoms with van der Waals surface area (Å²) < 4.78 is 13.4. The van der Waals surface area contributed by atoms with Gasteiger partial charge in [-0.3, -0.25) is 4.90 Å². The van der Waals surface area contributed by atoms with E-state index in [1.807, 2.05) is 6.07 Å². The van der Waals surface area contributed by atoms with Crippen molar-refractivity contribution in [3.8, 4) is 0 Å². The molecule has 1 aromatic rings. The van der Waals surface area contributed by atoms with Gasteiger partial charge < -0.3 is 5.32 Å². The Labute approximate surface area is 127 Å². The zero-order chi connectivity index (χ0) is 14.7. The standard InChI is InChI=1S/C18H27FN2/c1-14-7-8-17(19)11-16(14)12-21-10-9-20-18(13-21)15-5-3-2-4-6-15/h7-8,11,15,18,20H,2-6,9-10,12-13H2,1H3. The number of hydrogen-bond acceptors (Lipinski definition) is 2. The van der Waals surface area contributed by atoms with E-state index in [1.165, 1.54) is 37.7 Å². The molecule has 3 heteroatoms. The van der Waals surface area contributed by atoms with Gasteiger partial charge in [0.05, 0.1) is 0 Å². The monoisotopic (exact) mass is 290 g/mol. The lowest BCUT2D eigenvalue weighted by molar-refractivity contribution is 0.141. The molecular weight excluding hydrogens is 263 g/mol. The number of rotatable bonds is 3. The van der Waals surface area contributed by atoms with E-state index in [-0.39, 0.29) is 5.82 Å². The molecule has 1 N–H and O–H groups in total. The van der Waals surface area contributed by atoms with Crippen molar-refractivity contribution in [3.63, 3.8) is 0 Å². The van der Waals surface area contributed by atoms with Crippen LogP contribution in [0.5, 0.6) is 0 Å². The Morgan fingerprint density at radius 2 is 2.05 bits per heavy atom. The van der Waals surface area contributed by atoms with E-state index >= 15 is 0 Å². The average molecular weight is 290 g/mol. The third-order valence-electron chi connectivity index (χ3n) is 5.21. The van der Waals surface area contributed by atoms with Gasteiger partial charge in [-0.05, 0) is 48.9 Å². The second-order valence-corrected chi connectivity index (χ2v) is 6.76. The van der Waals surface area contributed by atoms with E-state index in [0.29, 0.717) is 6.04 Å². The van der Waals surface area contributed by atoms with Crippen LogP contribution in [0.15, 0.2) is 18.2 Å². The first kappa shape index (κ1) is 15.0. The number of piperazine rings is 1. The molecule has 1 aliphatic carbocycles. The van der Waals surface area contributed by atoms with Crippen molar-refractivity contribution in [2.45, 2.75) is 51.6 Å². The largest absolute Gasteiger partial charge is 0.311 e. The first-order valence-corrected chi connectivity index (χ1v) is 8.43. The molecule has 1 saturated carbocycles. The highest BCUT2D eigenvalue weighted by molar-refractivity contribution is 5.26. The number of halogens is 1. The summed E-state index contributed by atoms with van der Waals surface area (Å²) in [7, 11) is 0. The Hall–Kier alpha value is -0.930. The summed E-state index contributed by atoms with van der Waals surface area (Å²) in [4.78, 5) is 2.50. The summed E-state index contributed by atoms with van der Waals surface area (Å²) in [6.45, 7) is 6.21. The fourth-order valence-electron chi connectivity index (χ4n) is 3.89. The molecule has 2 aliphatic rings. The predicted octanol–water partition coefficient (Wildman–Crippen LogP) is 3.49. The number of aryl methyl sites for hydroxylation is 1.